The first kappa shape index (κ1) is 18.2. The molecule has 0 bridgehead atoms. The average molecular weight is 395 g/mol. The second-order valence-corrected chi connectivity index (χ2v) is 7.11. The number of amides is 2. The molecule has 3 aromatic rings. The van der Waals surface area contributed by atoms with Gasteiger partial charge in [-0.3, -0.25) is 9.56 Å². The maximum absolute atomic E-state index is 12.1. The molecule has 4 rings (SSSR count). The number of aliphatic imine (C=N–C) groups is 1. The van der Waals surface area contributed by atoms with Crippen molar-refractivity contribution in [3.63, 3.8) is 0 Å². The Morgan fingerprint density at radius 1 is 1.14 bits per heavy atom. The van der Waals surface area contributed by atoms with Crippen LogP contribution in [0.15, 0.2) is 47.5 Å². The molecule has 7 nitrogen and oxygen atoms in total. The molecule has 1 aromatic heterocycles. The lowest BCUT2D eigenvalue weighted by Gasteiger charge is -2.17. The van der Waals surface area contributed by atoms with E-state index in [9.17, 15) is 4.79 Å². The van der Waals surface area contributed by atoms with Gasteiger partial charge in [-0.2, -0.15) is 0 Å². The fourth-order valence-electron chi connectivity index (χ4n) is 3.17. The first-order valence-electron chi connectivity index (χ1n) is 8.79. The van der Waals surface area contributed by atoms with Crippen molar-refractivity contribution in [3.05, 3.63) is 70.3 Å². The lowest BCUT2D eigenvalue weighted by atomic mass is 9.99. The smallest absolute Gasteiger partial charge is 0.321 e. The molecule has 2 aromatic carbocycles. The molecule has 28 heavy (non-hydrogen) atoms. The van der Waals surface area contributed by atoms with Crippen LogP contribution in [-0.4, -0.2) is 45.5 Å². The second-order valence-electron chi connectivity index (χ2n) is 6.70. The van der Waals surface area contributed by atoms with Crippen molar-refractivity contribution in [2.75, 3.05) is 19.4 Å². The molecule has 0 aliphatic carbocycles. The van der Waals surface area contributed by atoms with Crippen LogP contribution in [0.25, 0.3) is 5.69 Å². The second kappa shape index (κ2) is 7.09. The van der Waals surface area contributed by atoms with Crippen molar-refractivity contribution in [3.8, 4) is 5.69 Å². The predicted molar refractivity (Wildman–Crippen MR) is 110 cm³/mol. The van der Waals surface area contributed by atoms with Gasteiger partial charge in [0.25, 0.3) is 0 Å². The van der Waals surface area contributed by atoms with Crippen LogP contribution in [0.2, 0.25) is 5.02 Å². The van der Waals surface area contributed by atoms with Crippen LogP contribution in [0.4, 0.5) is 10.5 Å². The number of benzene rings is 2. The van der Waals surface area contributed by atoms with Gasteiger partial charge in [0.15, 0.2) is 5.82 Å². The number of rotatable bonds is 2. The quantitative estimate of drug-likeness (QED) is 0.720. The number of halogens is 1. The lowest BCUT2D eigenvalue weighted by molar-refractivity contribution is 0.230. The predicted octanol–water partition coefficient (Wildman–Crippen LogP) is 3.67. The van der Waals surface area contributed by atoms with Gasteiger partial charge in [-0.25, -0.2) is 4.79 Å². The Morgan fingerprint density at radius 3 is 2.68 bits per heavy atom. The number of aromatic nitrogens is 3. The molecule has 0 radical (unpaired) electrons. The van der Waals surface area contributed by atoms with Crippen LogP contribution in [0.3, 0.4) is 0 Å². The Kier molecular flexibility index (Phi) is 4.60. The number of carbonyl (C=O) groups is 1. The summed E-state index contributed by atoms with van der Waals surface area (Å²) >= 11 is 6.47. The molecule has 1 N–H and O–H groups in total. The Morgan fingerprint density at radius 2 is 1.93 bits per heavy atom. The van der Waals surface area contributed by atoms with E-state index < -0.39 is 0 Å². The summed E-state index contributed by atoms with van der Waals surface area (Å²) in [7, 11) is 3.39. The fourth-order valence-corrected chi connectivity index (χ4v) is 3.40. The van der Waals surface area contributed by atoms with E-state index in [1.165, 1.54) is 4.90 Å². The molecule has 0 spiro atoms. The summed E-state index contributed by atoms with van der Waals surface area (Å²) in [4.78, 5) is 18.4. The van der Waals surface area contributed by atoms with E-state index in [1.54, 1.807) is 14.1 Å². The van der Waals surface area contributed by atoms with Crippen LogP contribution >= 0.6 is 11.6 Å². The van der Waals surface area contributed by atoms with Crippen molar-refractivity contribution in [1.29, 1.82) is 0 Å². The van der Waals surface area contributed by atoms with E-state index in [4.69, 9.17) is 16.6 Å². The highest BCUT2D eigenvalue weighted by molar-refractivity contribution is 6.35. The summed E-state index contributed by atoms with van der Waals surface area (Å²) in [5.41, 5.74) is 4.01. The van der Waals surface area contributed by atoms with Crippen molar-refractivity contribution < 1.29 is 4.79 Å². The Labute approximate surface area is 167 Å². The largest absolute Gasteiger partial charge is 0.331 e. The summed E-state index contributed by atoms with van der Waals surface area (Å²) in [5, 5.41) is 12.0. The molecule has 0 saturated heterocycles. The third-order valence-corrected chi connectivity index (χ3v) is 4.88. The van der Waals surface area contributed by atoms with Crippen molar-refractivity contribution in [2.24, 2.45) is 4.99 Å². The van der Waals surface area contributed by atoms with Crippen LogP contribution in [-0.2, 0) is 6.54 Å². The van der Waals surface area contributed by atoms with E-state index in [0.717, 1.165) is 34.2 Å². The highest BCUT2D eigenvalue weighted by atomic mass is 35.5. The molecule has 0 unspecified atom stereocenters. The summed E-state index contributed by atoms with van der Waals surface area (Å²) < 4.78 is 1.99. The van der Waals surface area contributed by atoms with Gasteiger partial charge < -0.3 is 10.2 Å². The monoisotopic (exact) mass is 394 g/mol. The minimum atomic E-state index is -0.203. The third-order valence-electron chi connectivity index (χ3n) is 4.55. The minimum absolute atomic E-state index is 0.203. The molecular weight excluding hydrogens is 376 g/mol. The number of hydrogen-bond acceptors (Lipinski definition) is 4. The first-order valence-corrected chi connectivity index (χ1v) is 9.17. The molecule has 2 heterocycles. The highest BCUT2D eigenvalue weighted by Crippen LogP contribution is 2.30. The van der Waals surface area contributed by atoms with Crippen molar-refractivity contribution in [1.82, 2.24) is 19.7 Å². The van der Waals surface area contributed by atoms with Gasteiger partial charge in [-0.05, 0) is 31.2 Å². The van der Waals surface area contributed by atoms with Crippen molar-refractivity contribution >= 4 is 29.0 Å². The molecule has 0 saturated carbocycles. The first-order chi connectivity index (χ1) is 13.5. The highest BCUT2D eigenvalue weighted by Gasteiger charge is 2.23. The average Bonchev–Trinajstić information content (AvgIpc) is 2.95. The zero-order chi connectivity index (χ0) is 19.8. The van der Waals surface area contributed by atoms with Gasteiger partial charge in [0.05, 0.1) is 11.4 Å². The van der Waals surface area contributed by atoms with E-state index >= 15 is 0 Å². The van der Waals surface area contributed by atoms with Gasteiger partial charge in [-0.15, -0.1) is 10.2 Å². The number of aryl methyl sites for hydroxylation is 1. The van der Waals surface area contributed by atoms with Gasteiger partial charge in [0.2, 0.25) is 0 Å². The number of fused-ring (bicyclic) bond motifs is 3. The maximum Gasteiger partial charge on any atom is 0.321 e. The van der Waals surface area contributed by atoms with Gasteiger partial charge in [-0.1, -0.05) is 29.8 Å². The molecule has 8 heteroatoms. The maximum atomic E-state index is 12.1. The van der Waals surface area contributed by atoms with E-state index in [1.807, 2.05) is 54.0 Å². The van der Waals surface area contributed by atoms with Crippen LogP contribution < -0.4 is 5.32 Å². The van der Waals surface area contributed by atoms with E-state index in [0.29, 0.717) is 17.3 Å². The Balaban J connectivity index is 1.91. The van der Waals surface area contributed by atoms with Gasteiger partial charge in [0, 0.05) is 35.9 Å². The van der Waals surface area contributed by atoms with Crippen LogP contribution in [0.5, 0.6) is 0 Å². The molecule has 1 aliphatic heterocycles. The topological polar surface area (TPSA) is 75.4 Å². The third kappa shape index (κ3) is 3.14. The van der Waals surface area contributed by atoms with E-state index in [-0.39, 0.29) is 6.03 Å². The Bertz CT molecular complexity index is 1100. The number of carbonyl (C=O) groups excluding carboxylic acids is 1. The van der Waals surface area contributed by atoms with Crippen LogP contribution in [0, 0.1) is 6.92 Å². The number of hydrogen-bond donors (Lipinski definition) is 1. The van der Waals surface area contributed by atoms with Crippen molar-refractivity contribution in [2.45, 2.75) is 13.5 Å². The van der Waals surface area contributed by atoms with E-state index in [2.05, 4.69) is 15.5 Å². The minimum Gasteiger partial charge on any atom is -0.331 e. The number of nitrogens with zero attached hydrogens (tertiary/aromatic N) is 5. The zero-order valence-corrected chi connectivity index (χ0v) is 16.5. The summed E-state index contributed by atoms with van der Waals surface area (Å²) in [5.74, 6) is 1.53. The molecule has 142 valence electrons. The number of nitrogens with one attached hydrogen (secondary N) is 1. The SMILES string of the molecule is Cc1nnc2n1-c1ccc(NC(=O)N(C)C)cc1C(c1ccccc1Cl)=NC2. The number of urea groups is 1. The standard InChI is InChI=1S/C20H19ClN6O/c1-12-24-25-18-11-22-19(14-6-4-5-7-16(14)21)15-10-13(23-20(28)26(2)3)8-9-17(15)27(12)18/h4-10H,11H2,1-3H3,(H,23,28). The summed E-state index contributed by atoms with van der Waals surface area (Å²) in [6.07, 6.45) is 0. The molecular formula is C20H19ClN6O. The van der Waals surface area contributed by atoms with Gasteiger partial charge >= 0.3 is 6.03 Å². The Hall–Kier alpha value is -3.19. The normalized spacial score (nSPS) is 12.5. The number of anilines is 1. The zero-order valence-electron chi connectivity index (χ0n) is 15.8. The van der Waals surface area contributed by atoms with Gasteiger partial charge in [0.1, 0.15) is 12.4 Å². The summed E-state index contributed by atoms with van der Waals surface area (Å²) in [6.45, 7) is 2.29. The molecule has 0 atom stereocenters. The molecule has 0 fully saturated rings. The molecule has 2 amide bonds. The lowest BCUT2D eigenvalue weighted by Crippen LogP contribution is -2.27. The molecule has 1 aliphatic rings. The summed E-state index contributed by atoms with van der Waals surface area (Å²) in [6, 6.07) is 13.1. The fraction of sp³-hybridized carbons (Fsp3) is 0.200. The van der Waals surface area contributed by atoms with Crippen LogP contribution in [0.1, 0.15) is 22.8 Å².